The molecule has 88 valence electrons. The molecule has 0 spiro atoms. The maximum atomic E-state index is 4.62. The van der Waals surface area contributed by atoms with E-state index in [-0.39, 0.29) is 5.41 Å². The Hall–Kier alpha value is -1.29. The predicted octanol–water partition coefficient (Wildman–Crippen LogP) is 3.60. The Labute approximate surface area is 109 Å². The van der Waals surface area contributed by atoms with E-state index in [0.29, 0.717) is 0 Å². The van der Waals surface area contributed by atoms with Crippen molar-refractivity contribution in [1.29, 1.82) is 0 Å². The normalized spacial score (nSPS) is 11.5. The molecule has 0 aromatic carbocycles. The van der Waals surface area contributed by atoms with Crippen LogP contribution in [0, 0.1) is 0 Å². The average Bonchev–Trinajstić information content (AvgIpc) is 2.29. The van der Waals surface area contributed by atoms with Gasteiger partial charge in [-0.25, -0.2) is 9.97 Å². The van der Waals surface area contributed by atoms with Gasteiger partial charge in [0.25, 0.3) is 0 Å². The fourth-order valence-corrected chi connectivity index (χ4v) is 1.85. The number of pyridine rings is 1. The van der Waals surface area contributed by atoms with Gasteiger partial charge in [-0.05, 0) is 28.1 Å². The monoisotopic (exact) mass is 291 g/mol. The average molecular weight is 292 g/mol. The Kier molecular flexibility index (Phi) is 3.24. The molecule has 0 atom stereocenters. The first-order valence-electron chi connectivity index (χ1n) is 5.42. The van der Waals surface area contributed by atoms with Crippen molar-refractivity contribution in [3.63, 3.8) is 0 Å². The van der Waals surface area contributed by atoms with Crippen LogP contribution in [0.15, 0.2) is 35.2 Å². The zero-order valence-electron chi connectivity index (χ0n) is 10.1. The molecule has 2 rings (SSSR count). The van der Waals surface area contributed by atoms with Crippen molar-refractivity contribution in [1.82, 2.24) is 15.0 Å². The second-order valence-corrected chi connectivity index (χ2v) is 5.74. The third kappa shape index (κ3) is 2.69. The van der Waals surface area contributed by atoms with Crippen LogP contribution in [0.2, 0.25) is 0 Å². The SMILES string of the molecule is CC(C)(C)c1ncc(Br)c(-c2cccnc2)n1. The highest BCUT2D eigenvalue weighted by atomic mass is 79.9. The molecule has 0 aliphatic heterocycles. The van der Waals surface area contributed by atoms with Crippen molar-refractivity contribution in [3.8, 4) is 11.3 Å². The highest BCUT2D eigenvalue weighted by Gasteiger charge is 2.19. The van der Waals surface area contributed by atoms with Gasteiger partial charge < -0.3 is 0 Å². The van der Waals surface area contributed by atoms with Crippen molar-refractivity contribution < 1.29 is 0 Å². The smallest absolute Gasteiger partial charge is 0.134 e. The number of hydrogen-bond donors (Lipinski definition) is 0. The van der Waals surface area contributed by atoms with Crippen LogP contribution in [0.25, 0.3) is 11.3 Å². The van der Waals surface area contributed by atoms with Gasteiger partial charge in [-0.2, -0.15) is 0 Å². The van der Waals surface area contributed by atoms with E-state index in [0.717, 1.165) is 21.6 Å². The molecule has 0 radical (unpaired) electrons. The molecule has 0 aliphatic carbocycles. The van der Waals surface area contributed by atoms with Gasteiger partial charge in [0.15, 0.2) is 0 Å². The standard InChI is InChI=1S/C13H14BrN3/c1-13(2,3)12-16-8-10(14)11(17-12)9-5-4-6-15-7-9/h4-8H,1-3H3. The maximum Gasteiger partial charge on any atom is 0.134 e. The van der Waals surface area contributed by atoms with Crippen LogP contribution in [0.4, 0.5) is 0 Å². The van der Waals surface area contributed by atoms with Gasteiger partial charge in [-0.15, -0.1) is 0 Å². The van der Waals surface area contributed by atoms with E-state index in [1.807, 2.05) is 12.1 Å². The summed E-state index contributed by atoms with van der Waals surface area (Å²) in [5, 5.41) is 0. The molecular formula is C13H14BrN3. The fraction of sp³-hybridized carbons (Fsp3) is 0.308. The molecule has 0 saturated heterocycles. The van der Waals surface area contributed by atoms with E-state index >= 15 is 0 Å². The number of nitrogens with zero attached hydrogens (tertiary/aromatic N) is 3. The van der Waals surface area contributed by atoms with Crippen LogP contribution >= 0.6 is 15.9 Å². The molecule has 3 nitrogen and oxygen atoms in total. The zero-order chi connectivity index (χ0) is 12.5. The summed E-state index contributed by atoms with van der Waals surface area (Å²) in [7, 11) is 0. The summed E-state index contributed by atoms with van der Waals surface area (Å²) in [5.74, 6) is 0.833. The molecule has 17 heavy (non-hydrogen) atoms. The number of hydrogen-bond acceptors (Lipinski definition) is 3. The van der Waals surface area contributed by atoms with Crippen LogP contribution in [0.3, 0.4) is 0 Å². The van der Waals surface area contributed by atoms with Crippen LogP contribution in [-0.2, 0) is 5.41 Å². The molecule has 0 aliphatic rings. The van der Waals surface area contributed by atoms with Gasteiger partial charge in [0.05, 0.1) is 10.2 Å². The summed E-state index contributed by atoms with van der Waals surface area (Å²) in [4.78, 5) is 13.1. The Morgan fingerprint density at radius 2 is 1.94 bits per heavy atom. The third-order valence-electron chi connectivity index (χ3n) is 2.35. The van der Waals surface area contributed by atoms with Crippen molar-refractivity contribution in [2.45, 2.75) is 26.2 Å². The summed E-state index contributed by atoms with van der Waals surface area (Å²) >= 11 is 3.48. The lowest BCUT2D eigenvalue weighted by atomic mass is 9.95. The molecule has 2 aromatic rings. The van der Waals surface area contributed by atoms with Gasteiger partial charge in [0.2, 0.25) is 0 Å². The first-order chi connectivity index (χ1) is 7.98. The van der Waals surface area contributed by atoms with E-state index in [1.54, 1.807) is 18.6 Å². The quantitative estimate of drug-likeness (QED) is 0.806. The van der Waals surface area contributed by atoms with Crippen LogP contribution in [0.1, 0.15) is 26.6 Å². The van der Waals surface area contributed by atoms with E-state index < -0.39 is 0 Å². The molecule has 0 unspecified atom stereocenters. The molecule has 0 amide bonds. The lowest BCUT2D eigenvalue weighted by Gasteiger charge is -2.17. The van der Waals surface area contributed by atoms with Gasteiger partial charge in [-0.3, -0.25) is 4.98 Å². The molecule has 2 aromatic heterocycles. The minimum atomic E-state index is -0.0579. The molecule has 0 N–H and O–H groups in total. The molecule has 0 saturated carbocycles. The Balaban J connectivity index is 2.55. The van der Waals surface area contributed by atoms with Crippen molar-refractivity contribution in [3.05, 3.63) is 41.0 Å². The minimum absolute atomic E-state index is 0.0579. The zero-order valence-corrected chi connectivity index (χ0v) is 11.7. The first-order valence-corrected chi connectivity index (χ1v) is 6.21. The minimum Gasteiger partial charge on any atom is -0.264 e. The molecular weight excluding hydrogens is 278 g/mol. The van der Waals surface area contributed by atoms with Crippen molar-refractivity contribution in [2.75, 3.05) is 0 Å². The molecule has 0 bridgehead atoms. The van der Waals surface area contributed by atoms with E-state index in [4.69, 9.17) is 0 Å². The van der Waals surface area contributed by atoms with Crippen LogP contribution in [0.5, 0.6) is 0 Å². The Bertz CT molecular complexity index is 518. The number of halogens is 1. The highest BCUT2D eigenvalue weighted by molar-refractivity contribution is 9.10. The van der Waals surface area contributed by atoms with Crippen molar-refractivity contribution in [2.24, 2.45) is 0 Å². The van der Waals surface area contributed by atoms with E-state index in [1.165, 1.54) is 0 Å². The lowest BCUT2D eigenvalue weighted by molar-refractivity contribution is 0.545. The second-order valence-electron chi connectivity index (χ2n) is 4.88. The van der Waals surface area contributed by atoms with Gasteiger partial charge in [0.1, 0.15) is 5.82 Å². The first kappa shape index (κ1) is 12.2. The summed E-state index contributed by atoms with van der Waals surface area (Å²) < 4.78 is 0.888. The molecule has 0 fully saturated rings. The van der Waals surface area contributed by atoms with Crippen LogP contribution < -0.4 is 0 Å². The topological polar surface area (TPSA) is 38.7 Å². The third-order valence-corrected chi connectivity index (χ3v) is 2.93. The number of rotatable bonds is 1. The van der Waals surface area contributed by atoms with E-state index in [9.17, 15) is 0 Å². The maximum absolute atomic E-state index is 4.62. The predicted molar refractivity (Wildman–Crippen MR) is 71.7 cm³/mol. The lowest BCUT2D eigenvalue weighted by Crippen LogP contribution is -2.16. The van der Waals surface area contributed by atoms with Crippen molar-refractivity contribution >= 4 is 15.9 Å². The van der Waals surface area contributed by atoms with Gasteiger partial charge in [-0.1, -0.05) is 20.8 Å². The second kappa shape index (κ2) is 4.53. The van der Waals surface area contributed by atoms with E-state index in [2.05, 4.69) is 51.7 Å². The van der Waals surface area contributed by atoms with Gasteiger partial charge >= 0.3 is 0 Å². The summed E-state index contributed by atoms with van der Waals surface area (Å²) in [6.45, 7) is 6.30. The fourth-order valence-electron chi connectivity index (χ4n) is 1.43. The Morgan fingerprint density at radius 1 is 1.18 bits per heavy atom. The Morgan fingerprint density at radius 3 is 2.53 bits per heavy atom. The van der Waals surface area contributed by atoms with Gasteiger partial charge in [0, 0.05) is 29.6 Å². The molecule has 4 heteroatoms. The largest absolute Gasteiger partial charge is 0.264 e. The number of aromatic nitrogens is 3. The summed E-state index contributed by atoms with van der Waals surface area (Å²) in [6, 6.07) is 3.90. The molecule has 2 heterocycles. The summed E-state index contributed by atoms with van der Waals surface area (Å²) in [6.07, 6.45) is 5.36. The highest BCUT2D eigenvalue weighted by Crippen LogP contribution is 2.27. The summed E-state index contributed by atoms with van der Waals surface area (Å²) in [5.41, 5.74) is 1.82. The van der Waals surface area contributed by atoms with Crippen LogP contribution in [-0.4, -0.2) is 15.0 Å².